The Hall–Kier alpha value is -2.60. The van der Waals surface area contributed by atoms with Gasteiger partial charge in [0.2, 0.25) is 0 Å². The zero-order chi connectivity index (χ0) is 22.1. The van der Waals surface area contributed by atoms with Crippen molar-refractivity contribution in [2.75, 3.05) is 18.8 Å². The number of nitrogens with zero attached hydrogens (tertiary/aromatic N) is 5. The number of alkyl halides is 3. The highest BCUT2D eigenvalue weighted by molar-refractivity contribution is 5.63. The van der Waals surface area contributed by atoms with Gasteiger partial charge in [0.15, 0.2) is 0 Å². The molecule has 2 aromatic heterocycles. The number of hydrogen-bond donors (Lipinski definition) is 1. The third-order valence-corrected chi connectivity index (χ3v) is 7.14. The first kappa shape index (κ1) is 20.3. The third-order valence-electron chi connectivity index (χ3n) is 7.14. The van der Waals surface area contributed by atoms with Gasteiger partial charge in [-0.1, -0.05) is 0 Å². The molecule has 4 atom stereocenters. The number of nitriles is 1. The van der Waals surface area contributed by atoms with Crippen molar-refractivity contribution < 1.29 is 13.2 Å². The average Bonchev–Trinajstić information content (AvgIpc) is 3.03. The van der Waals surface area contributed by atoms with Crippen LogP contribution in [0.2, 0.25) is 0 Å². The molecule has 2 aromatic rings. The summed E-state index contributed by atoms with van der Waals surface area (Å²) in [5, 5.41) is 13.6. The van der Waals surface area contributed by atoms with Crippen molar-refractivity contribution in [1.29, 1.82) is 5.26 Å². The monoisotopic (exact) mass is 430 g/mol. The highest BCUT2D eigenvalue weighted by atomic mass is 19.4. The minimum Gasteiger partial charge on any atom is -0.383 e. The van der Waals surface area contributed by atoms with Gasteiger partial charge in [-0.05, 0) is 50.7 Å². The molecule has 0 aromatic carbocycles. The first-order valence-electron chi connectivity index (χ1n) is 10.7. The molecule has 31 heavy (non-hydrogen) atoms. The predicted octanol–water partition coefficient (Wildman–Crippen LogP) is 4.07. The van der Waals surface area contributed by atoms with Gasteiger partial charge in [0.1, 0.15) is 5.82 Å². The zero-order valence-electron chi connectivity index (χ0n) is 17.5. The van der Waals surface area contributed by atoms with Crippen LogP contribution in [0.25, 0.3) is 11.3 Å². The second kappa shape index (κ2) is 6.95. The number of aromatic nitrogens is 3. The van der Waals surface area contributed by atoms with Crippen LogP contribution < -0.4 is 5.73 Å². The molecule has 3 heterocycles. The van der Waals surface area contributed by atoms with Gasteiger partial charge >= 0.3 is 6.18 Å². The fraction of sp³-hybridized carbons (Fsp3) is 0.591. The van der Waals surface area contributed by atoms with Crippen LogP contribution in [0.4, 0.5) is 19.0 Å². The Balaban J connectivity index is 1.37. The Kier molecular flexibility index (Phi) is 4.56. The number of fused-ring (bicyclic) bond motifs is 1. The first-order chi connectivity index (χ1) is 14.7. The average molecular weight is 430 g/mol. The Bertz CT molecular complexity index is 1030. The van der Waals surface area contributed by atoms with Crippen molar-refractivity contribution in [1.82, 2.24) is 19.7 Å². The molecule has 3 fully saturated rings. The van der Waals surface area contributed by atoms with Crippen LogP contribution in [0.5, 0.6) is 0 Å². The summed E-state index contributed by atoms with van der Waals surface area (Å²) >= 11 is 0. The number of nitrogen functional groups attached to an aromatic ring is 1. The topological polar surface area (TPSA) is 83.8 Å². The van der Waals surface area contributed by atoms with E-state index in [1.54, 1.807) is 0 Å². The lowest BCUT2D eigenvalue weighted by Gasteiger charge is -2.40. The maximum absolute atomic E-state index is 13.3. The molecule has 0 radical (unpaired) electrons. The Labute approximate surface area is 178 Å². The van der Waals surface area contributed by atoms with E-state index in [-0.39, 0.29) is 12.0 Å². The summed E-state index contributed by atoms with van der Waals surface area (Å²) in [5.74, 6) is 1.23. The molecular weight excluding hydrogens is 405 g/mol. The van der Waals surface area contributed by atoms with Crippen LogP contribution in [0.3, 0.4) is 0 Å². The summed E-state index contributed by atoms with van der Waals surface area (Å²) in [6.07, 6.45) is -0.956. The number of likely N-dealkylation sites (tertiary alicyclic amines) is 1. The van der Waals surface area contributed by atoms with E-state index in [1.165, 1.54) is 6.20 Å². The smallest absolute Gasteiger partial charge is 0.383 e. The number of anilines is 1. The van der Waals surface area contributed by atoms with E-state index in [0.29, 0.717) is 35.1 Å². The van der Waals surface area contributed by atoms with Gasteiger partial charge in [-0.25, -0.2) is 4.98 Å². The van der Waals surface area contributed by atoms with E-state index in [0.717, 1.165) is 37.7 Å². The summed E-state index contributed by atoms with van der Waals surface area (Å²) in [5.41, 5.74) is 6.45. The summed E-state index contributed by atoms with van der Waals surface area (Å²) in [7, 11) is 0. The summed E-state index contributed by atoms with van der Waals surface area (Å²) in [6, 6.07) is 5.97. The summed E-state index contributed by atoms with van der Waals surface area (Å²) in [4.78, 5) is 6.18. The fourth-order valence-electron chi connectivity index (χ4n) is 5.50. The van der Waals surface area contributed by atoms with Crippen LogP contribution in [-0.2, 0) is 6.18 Å². The molecule has 6 nitrogen and oxygen atoms in total. The lowest BCUT2D eigenvalue weighted by molar-refractivity contribution is -0.137. The molecule has 164 valence electrons. The van der Waals surface area contributed by atoms with Gasteiger partial charge in [0.25, 0.3) is 0 Å². The van der Waals surface area contributed by atoms with E-state index < -0.39 is 17.6 Å². The zero-order valence-corrected chi connectivity index (χ0v) is 17.5. The second-order valence-electron chi connectivity index (χ2n) is 9.41. The fourth-order valence-corrected chi connectivity index (χ4v) is 5.50. The highest BCUT2D eigenvalue weighted by Gasteiger charge is 2.59. The van der Waals surface area contributed by atoms with Crippen molar-refractivity contribution in [3.8, 4) is 17.3 Å². The van der Waals surface area contributed by atoms with Crippen LogP contribution in [0, 0.1) is 29.1 Å². The standard InChI is InChI=1S/C22H25F3N6/c1-11(2)31-19(20-15-4-14(5-16(15)20)30-9-12(7-26)10-30)6-18(29-31)13-3-17(22(23,24)25)21(27)28-8-13/h3,6,8,11-12,14-16,20H,4-5,9-10H2,1-2H3,(H2,27,28)/t14-,15-,16+,20-. The molecule has 0 bridgehead atoms. The minimum atomic E-state index is -4.56. The predicted molar refractivity (Wildman–Crippen MR) is 109 cm³/mol. The number of nitrogens with two attached hydrogens (primary N) is 1. The van der Waals surface area contributed by atoms with E-state index >= 15 is 0 Å². The molecule has 1 saturated heterocycles. The van der Waals surface area contributed by atoms with Gasteiger partial charge in [-0.15, -0.1) is 0 Å². The van der Waals surface area contributed by atoms with Crippen molar-refractivity contribution in [2.24, 2.45) is 17.8 Å². The van der Waals surface area contributed by atoms with Crippen LogP contribution >= 0.6 is 0 Å². The van der Waals surface area contributed by atoms with Gasteiger partial charge in [0.05, 0.1) is 23.2 Å². The molecule has 2 N–H and O–H groups in total. The van der Waals surface area contributed by atoms with Crippen LogP contribution in [0.15, 0.2) is 18.3 Å². The van der Waals surface area contributed by atoms with Crippen LogP contribution in [-0.4, -0.2) is 38.8 Å². The molecule has 5 rings (SSSR count). The molecule has 2 aliphatic carbocycles. The van der Waals surface area contributed by atoms with Gasteiger partial charge < -0.3 is 5.73 Å². The van der Waals surface area contributed by atoms with Crippen molar-refractivity contribution in [3.63, 3.8) is 0 Å². The molecular formula is C22H25F3N6. The molecule has 0 unspecified atom stereocenters. The first-order valence-corrected chi connectivity index (χ1v) is 10.7. The Morgan fingerprint density at radius 3 is 2.45 bits per heavy atom. The highest BCUT2D eigenvalue weighted by Crippen LogP contribution is 2.64. The quantitative estimate of drug-likeness (QED) is 0.790. The molecule has 0 spiro atoms. The van der Waals surface area contributed by atoms with Crippen LogP contribution in [0.1, 0.15) is 49.9 Å². The third kappa shape index (κ3) is 3.37. The molecule has 2 saturated carbocycles. The Morgan fingerprint density at radius 1 is 1.19 bits per heavy atom. The number of pyridine rings is 1. The second-order valence-corrected chi connectivity index (χ2v) is 9.41. The Morgan fingerprint density at radius 2 is 1.87 bits per heavy atom. The molecule has 3 aliphatic rings. The normalized spacial score (nSPS) is 28.4. The van der Waals surface area contributed by atoms with Gasteiger partial charge in [-0.2, -0.15) is 23.5 Å². The summed E-state index contributed by atoms with van der Waals surface area (Å²) in [6.45, 7) is 5.83. The summed E-state index contributed by atoms with van der Waals surface area (Å²) < 4.78 is 41.8. The van der Waals surface area contributed by atoms with E-state index in [1.807, 2.05) is 24.6 Å². The van der Waals surface area contributed by atoms with Crippen molar-refractivity contribution in [3.05, 3.63) is 29.6 Å². The molecule has 1 aliphatic heterocycles. The van der Waals surface area contributed by atoms with E-state index in [9.17, 15) is 13.2 Å². The minimum absolute atomic E-state index is 0.108. The largest absolute Gasteiger partial charge is 0.419 e. The molecule has 0 amide bonds. The van der Waals surface area contributed by atoms with Crippen molar-refractivity contribution >= 4 is 5.82 Å². The number of rotatable bonds is 4. The van der Waals surface area contributed by atoms with E-state index in [2.05, 4.69) is 21.1 Å². The van der Waals surface area contributed by atoms with Gasteiger partial charge in [-0.3, -0.25) is 9.58 Å². The van der Waals surface area contributed by atoms with Gasteiger partial charge in [0, 0.05) is 48.5 Å². The SMILES string of the molecule is CC(C)n1nc(-c2cnc(N)c(C(F)(F)F)c2)cc1[C@@H]1[C@@H]2C[C@@H](N3CC(C#N)C3)C[C@@H]21. The lowest BCUT2D eigenvalue weighted by Crippen LogP contribution is -2.51. The lowest BCUT2D eigenvalue weighted by atomic mass is 9.95. The molecule has 9 heteroatoms. The number of halogens is 3. The van der Waals surface area contributed by atoms with Crippen molar-refractivity contribution in [2.45, 2.75) is 50.9 Å². The maximum Gasteiger partial charge on any atom is 0.419 e. The maximum atomic E-state index is 13.3. The number of hydrogen-bond acceptors (Lipinski definition) is 5. The van der Waals surface area contributed by atoms with E-state index in [4.69, 9.17) is 11.0 Å².